The first kappa shape index (κ1) is 15.6. The van der Waals surface area contributed by atoms with Crippen LogP contribution in [0.1, 0.15) is 32.8 Å². The zero-order valence-corrected chi connectivity index (χ0v) is 13.0. The summed E-state index contributed by atoms with van der Waals surface area (Å²) in [4.78, 5) is 0. The smallest absolute Gasteiger partial charge is 0.0820 e. The van der Waals surface area contributed by atoms with E-state index in [1.165, 1.54) is 5.56 Å². The predicted octanol–water partition coefficient (Wildman–Crippen LogP) is 3.03. The molecule has 3 N–H and O–H groups in total. The van der Waals surface area contributed by atoms with Crippen LogP contribution in [0.5, 0.6) is 0 Å². The number of hydrogen-bond acceptors (Lipinski definition) is 3. The summed E-state index contributed by atoms with van der Waals surface area (Å²) in [6.07, 6.45) is 1.77. The molecule has 4 heteroatoms. The topological polar surface area (TPSA) is 47.3 Å². The largest absolute Gasteiger partial charge is 0.374 e. The van der Waals surface area contributed by atoms with Gasteiger partial charge in [-0.05, 0) is 44.4 Å². The highest BCUT2D eigenvalue weighted by Gasteiger charge is 2.32. The van der Waals surface area contributed by atoms with Crippen molar-refractivity contribution in [3.05, 3.63) is 34.3 Å². The Bertz CT molecular complexity index is 373. The Kier molecular flexibility index (Phi) is 6.29. The van der Waals surface area contributed by atoms with Crippen LogP contribution in [0.15, 0.2) is 28.7 Å². The van der Waals surface area contributed by atoms with E-state index >= 15 is 0 Å². The van der Waals surface area contributed by atoms with E-state index in [0.717, 1.165) is 17.3 Å². The van der Waals surface area contributed by atoms with Crippen LogP contribution < -0.4 is 11.3 Å². The standard InChI is InChI=1S/C14H23BrN2O/c1-4-14(3,18-5-2)13(17-16)10-11-7-6-8-12(15)9-11/h6-9,13,17H,4-5,10,16H2,1-3H3. The summed E-state index contributed by atoms with van der Waals surface area (Å²) >= 11 is 3.49. The third-order valence-electron chi connectivity index (χ3n) is 3.44. The number of hydrazine groups is 1. The van der Waals surface area contributed by atoms with E-state index in [4.69, 9.17) is 10.6 Å². The molecular formula is C14H23BrN2O. The van der Waals surface area contributed by atoms with E-state index < -0.39 is 0 Å². The molecule has 0 spiro atoms. The molecule has 0 radical (unpaired) electrons. The average Bonchev–Trinajstić information content (AvgIpc) is 2.36. The van der Waals surface area contributed by atoms with E-state index in [2.05, 4.69) is 47.3 Å². The van der Waals surface area contributed by atoms with Gasteiger partial charge in [-0.1, -0.05) is 35.0 Å². The van der Waals surface area contributed by atoms with Crippen LogP contribution in [0.2, 0.25) is 0 Å². The summed E-state index contributed by atoms with van der Waals surface area (Å²) < 4.78 is 6.97. The highest BCUT2D eigenvalue weighted by atomic mass is 79.9. The minimum absolute atomic E-state index is 0.0942. The maximum Gasteiger partial charge on any atom is 0.0820 e. The molecule has 0 fully saturated rings. The molecule has 1 aromatic carbocycles. The van der Waals surface area contributed by atoms with E-state index in [1.807, 2.05) is 19.1 Å². The van der Waals surface area contributed by atoms with Gasteiger partial charge in [0.1, 0.15) is 0 Å². The van der Waals surface area contributed by atoms with Crippen molar-refractivity contribution in [3.8, 4) is 0 Å². The van der Waals surface area contributed by atoms with Crippen LogP contribution in [0.3, 0.4) is 0 Å². The summed E-state index contributed by atoms with van der Waals surface area (Å²) in [6.45, 7) is 6.95. The molecular weight excluding hydrogens is 292 g/mol. The second-order valence-electron chi connectivity index (χ2n) is 4.65. The van der Waals surface area contributed by atoms with Crippen molar-refractivity contribution in [2.45, 2.75) is 45.3 Å². The zero-order chi connectivity index (χ0) is 13.6. The fourth-order valence-electron chi connectivity index (χ4n) is 2.13. The lowest BCUT2D eigenvalue weighted by molar-refractivity contribution is -0.0550. The third kappa shape index (κ3) is 4.05. The van der Waals surface area contributed by atoms with Gasteiger partial charge in [-0.15, -0.1) is 0 Å². The lowest BCUT2D eigenvalue weighted by atomic mass is 9.88. The van der Waals surface area contributed by atoms with Gasteiger partial charge in [0, 0.05) is 11.1 Å². The molecule has 0 aromatic heterocycles. The Morgan fingerprint density at radius 3 is 2.67 bits per heavy atom. The second-order valence-corrected chi connectivity index (χ2v) is 5.57. The molecule has 1 aromatic rings. The maximum absolute atomic E-state index is 5.88. The summed E-state index contributed by atoms with van der Waals surface area (Å²) in [5.74, 6) is 5.71. The molecule has 0 saturated carbocycles. The van der Waals surface area contributed by atoms with E-state index in [9.17, 15) is 0 Å². The Morgan fingerprint density at radius 2 is 2.17 bits per heavy atom. The molecule has 0 aliphatic heterocycles. The van der Waals surface area contributed by atoms with Crippen LogP contribution >= 0.6 is 15.9 Å². The van der Waals surface area contributed by atoms with Gasteiger partial charge in [-0.3, -0.25) is 11.3 Å². The first-order valence-electron chi connectivity index (χ1n) is 6.40. The highest BCUT2D eigenvalue weighted by molar-refractivity contribution is 9.10. The maximum atomic E-state index is 5.88. The molecule has 1 rings (SSSR count). The highest BCUT2D eigenvalue weighted by Crippen LogP contribution is 2.23. The number of benzene rings is 1. The van der Waals surface area contributed by atoms with Crippen molar-refractivity contribution < 1.29 is 4.74 Å². The Morgan fingerprint density at radius 1 is 1.44 bits per heavy atom. The van der Waals surface area contributed by atoms with Gasteiger partial charge in [0.15, 0.2) is 0 Å². The second kappa shape index (κ2) is 7.24. The predicted molar refractivity (Wildman–Crippen MR) is 79.3 cm³/mol. The van der Waals surface area contributed by atoms with Gasteiger partial charge >= 0.3 is 0 Å². The van der Waals surface area contributed by atoms with Crippen LogP contribution in [0, 0.1) is 0 Å². The zero-order valence-electron chi connectivity index (χ0n) is 11.4. The van der Waals surface area contributed by atoms with Gasteiger partial charge in [-0.2, -0.15) is 0 Å². The molecule has 0 aliphatic rings. The van der Waals surface area contributed by atoms with Crippen molar-refractivity contribution in [3.63, 3.8) is 0 Å². The fraction of sp³-hybridized carbons (Fsp3) is 0.571. The minimum atomic E-state index is -0.244. The van der Waals surface area contributed by atoms with Crippen LogP contribution in [0.4, 0.5) is 0 Å². The quantitative estimate of drug-likeness (QED) is 0.600. The molecule has 3 nitrogen and oxygen atoms in total. The average molecular weight is 315 g/mol. The molecule has 18 heavy (non-hydrogen) atoms. The third-order valence-corrected chi connectivity index (χ3v) is 3.94. The van der Waals surface area contributed by atoms with Crippen LogP contribution in [0.25, 0.3) is 0 Å². The number of rotatable bonds is 7. The van der Waals surface area contributed by atoms with Crippen molar-refractivity contribution >= 4 is 15.9 Å². The molecule has 0 saturated heterocycles. The van der Waals surface area contributed by atoms with Crippen molar-refractivity contribution in [1.82, 2.24) is 5.43 Å². The number of ether oxygens (including phenoxy) is 1. The van der Waals surface area contributed by atoms with Crippen LogP contribution in [-0.2, 0) is 11.2 Å². The number of halogens is 1. The van der Waals surface area contributed by atoms with E-state index in [1.54, 1.807) is 0 Å². The number of hydrogen-bond donors (Lipinski definition) is 2. The molecule has 0 aliphatic carbocycles. The van der Waals surface area contributed by atoms with Gasteiger partial charge in [0.25, 0.3) is 0 Å². The lowest BCUT2D eigenvalue weighted by Gasteiger charge is -2.36. The monoisotopic (exact) mass is 314 g/mol. The van der Waals surface area contributed by atoms with Crippen LogP contribution in [-0.4, -0.2) is 18.2 Å². The van der Waals surface area contributed by atoms with Gasteiger partial charge in [0.2, 0.25) is 0 Å². The molecule has 0 bridgehead atoms. The summed E-state index contributed by atoms with van der Waals surface area (Å²) in [5, 5.41) is 0. The summed E-state index contributed by atoms with van der Waals surface area (Å²) in [6, 6.07) is 8.38. The molecule has 2 atom stereocenters. The molecule has 2 unspecified atom stereocenters. The Labute approximate surface area is 118 Å². The first-order valence-corrected chi connectivity index (χ1v) is 7.19. The van der Waals surface area contributed by atoms with E-state index in [0.29, 0.717) is 6.61 Å². The first-order chi connectivity index (χ1) is 8.55. The molecule has 0 heterocycles. The van der Waals surface area contributed by atoms with Gasteiger partial charge < -0.3 is 4.74 Å². The number of nitrogens with one attached hydrogen (secondary N) is 1. The SMILES string of the molecule is CCOC(C)(CC)C(Cc1cccc(Br)c1)NN. The number of nitrogens with two attached hydrogens (primary N) is 1. The minimum Gasteiger partial charge on any atom is -0.374 e. The summed E-state index contributed by atoms with van der Waals surface area (Å²) in [7, 11) is 0. The van der Waals surface area contributed by atoms with Crippen molar-refractivity contribution in [2.24, 2.45) is 5.84 Å². The van der Waals surface area contributed by atoms with Crippen molar-refractivity contribution in [1.29, 1.82) is 0 Å². The molecule has 0 amide bonds. The lowest BCUT2D eigenvalue weighted by Crippen LogP contribution is -2.54. The van der Waals surface area contributed by atoms with Gasteiger partial charge in [0.05, 0.1) is 11.6 Å². The normalized spacial score (nSPS) is 16.3. The van der Waals surface area contributed by atoms with E-state index in [-0.39, 0.29) is 11.6 Å². The molecule has 102 valence electrons. The van der Waals surface area contributed by atoms with Crippen molar-refractivity contribution in [2.75, 3.05) is 6.61 Å². The van der Waals surface area contributed by atoms with Gasteiger partial charge in [-0.25, -0.2) is 0 Å². The Hall–Kier alpha value is -0.420. The summed E-state index contributed by atoms with van der Waals surface area (Å²) in [5.41, 5.74) is 3.90. The fourth-order valence-corrected chi connectivity index (χ4v) is 2.58. The Balaban J connectivity index is 2.83.